The molecule has 0 aliphatic carbocycles. The van der Waals surface area contributed by atoms with Gasteiger partial charge in [-0.15, -0.1) is 6.58 Å². The monoisotopic (exact) mass is 468 g/mol. The summed E-state index contributed by atoms with van der Waals surface area (Å²) in [4.78, 5) is 24.5. The lowest BCUT2D eigenvalue weighted by atomic mass is 9.68. The lowest BCUT2D eigenvalue weighted by molar-refractivity contribution is -0.227. The smallest absolute Gasteiger partial charge is 0.330 e. The van der Waals surface area contributed by atoms with Gasteiger partial charge in [-0.2, -0.15) is 0 Å². The third kappa shape index (κ3) is 6.55. The molecule has 1 aliphatic heterocycles. The number of methoxy groups -OCH3 is 1. The van der Waals surface area contributed by atoms with Crippen molar-refractivity contribution in [1.29, 1.82) is 0 Å². The molecule has 0 aromatic carbocycles. The first-order valence-electron chi connectivity index (χ1n) is 11.4. The van der Waals surface area contributed by atoms with Crippen LogP contribution >= 0.6 is 0 Å². The Morgan fingerprint density at radius 2 is 1.84 bits per heavy atom. The lowest BCUT2D eigenvalue weighted by Gasteiger charge is -2.54. The number of carbonyl (C=O) groups is 2. The Morgan fingerprint density at radius 1 is 1.25 bits per heavy atom. The Hall–Kier alpha value is -1.44. The van der Waals surface area contributed by atoms with Gasteiger partial charge in [0.1, 0.15) is 5.60 Å². The summed E-state index contributed by atoms with van der Waals surface area (Å²) in [5.74, 6) is -0.821. The van der Waals surface area contributed by atoms with E-state index in [4.69, 9.17) is 18.6 Å². The van der Waals surface area contributed by atoms with E-state index in [1.165, 1.54) is 13.2 Å². The van der Waals surface area contributed by atoms with Crippen LogP contribution in [0.25, 0.3) is 0 Å². The molecule has 1 saturated heterocycles. The topological polar surface area (TPSA) is 71.1 Å². The van der Waals surface area contributed by atoms with Gasteiger partial charge in [-0.05, 0) is 43.5 Å². The normalized spacial score (nSPS) is 26.0. The van der Waals surface area contributed by atoms with Crippen LogP contribution in [-0.2, 0) is 28.2 Å². The van der Waals surface area contributed by atoms with Gasteiger partial charge >= 0.3 is 11.9 Å². The maximum Gasteiger partial charge on any atom is 0.330 e. The molecule has 32 heavy (non-hydrogen) atoms. The zero-order valence-electron chi connectivity index (χ0n) is 21.8. The summed E-state index contributed by atoms with van der Waals surface area (Å²) in [5, 5.41) is 0.0623. The van der Waals surface area contributed by atoms with Gasteiger partial charge in [0.2, 0.25) is 0 Å². The summed E-state index contributed by atoms with van der Waals surface area (Å²) in [6.07, 6.45) is 3.62. The van der Waals surface area contributed by atoms with Crippen LogP contribution in [0.15, 0.2) is 24.3 Å². The molecule has 3 atom stereocenters. The van der Waals surface area contributed by atoms with Gasteiger partial charge in [0.15, 0.2) is 14.4 Å². The van der Waals surface area contributed by atoms with E-state index in [0.29, 0.717) is 25.0 Å². The number of hydrogen-bond acceptors (Lipinski definition) is 6. The number of esters is 2. The fraction of sp³-hybridized carbons (Fsp3) is 0.760. The van der Waals surface area contributed by atoms with Crippen LogP contribution in [0.2, 0.25) is 18.1 Å². The molecule has 7 heteroatoms. The summed E-state index contributed by atoms with van der Waals surface area (Å²) in [6.45, 7) is 23.2. The number of hydrogen-bond donors (Lipinski definition) is 0. The van der Waals surface area contributed by atoms with Crippen LogP contribution in [0.1, 0.15) is 67.7 Å². The largest absolute Gasteiger partial charge is 0.466 e. The fourth-order valence-corrected chi connectivity index (χ4v) is 4.63. The average molecular weight is 469 g/mol. The van der Waals surface area contributed by atoms with E-state index in [-0.39, 0.29) is 23.5 Å². The minimum atomic E-state index is -2.02. The number of rotatable bonds is 9. The summed E-state index contributed by atoms with van der Waals surface area (Å²) in [5.41, 5.74) is -0.762. The number of carbonyl (C=O) groups excluding carboxylic acids is 2. The van der Waals surface area contributed by atoms with Gasteiger partial charge in [-0.1, -0.05) is 47.6 Å². The molecule has 1 fully saturated rings. The van der Waals surface area contributed by atoms with Crippen molar-refractivity contribution in [2.24, 2.45) is 5.41 Å². The van der Waals surface area contributed by atoms with Crippen molar-refractivity contribution >= 4 is 20.3 Å². The highest BCUT2D eigenvalue weighted by Crippen LogP contribution is 2.48. The second kappa shape index (κ2) is 10.7. The predicted octanol–water partition coefficient (Wildman–Crippen LogP) is 5.58. The van der Waals surface area contributed by atoms with Gasteiger partial charge < -0.3 is 18.6 Å². The Kier molecular flexibility index (Phi) is 9.52. The molecule has 1 aliphatic rings. The molecule has 0 unspecified atom stereocenters. The molecule has 0 amide bonds. The van der Waals surface area contributed by atoms with Gasteiger partial charge in [0.25, 0.3) is 0 Å². The van der Waals surface area contributed by atoms with E-state index < -0.39 is 31.4 Å². The molecule has 0 saturated carbocycles. The Balaban J connectivity index is 3.48. The molecule has 0 radical (unpaired) electrons. The van der Waals surface area contributed by atoms with Crippen LogP contribution in [-0.4, -0.2) is 51.8 Å². The molecule has 184 valence electrons. The van der Waals surface area contributed by atoms with Crippen molar-refractivity contribution in [3.63, 3.8) is 0 Å². The summed E-state index contributed by atoms with van der Waals surface area (Å²) in [7, 11) is -0.685. The van der Waals surface area contributed by atoms with Crippen LogP contribution in [0.4, 0.5) is 0 Å². The number of ether oxygens (including phenoxy) is 3. The van der Waals surface area contributed by atoms with Gasteiger partial charge in [0, 0.05) is 24.5 Å². The van der Waals surface area contributed by atoms with E-state index in [1.54, 1.807) is 13.0 Å². The van der Waals surface area contributed by atoms with E-state index in [0.717, 1.165) is 0 Å². The SMILES string of the molecule is C=CC[C@@H]1C/C(=C\C(=O)OC)[C@H](OC(=O)CC)[C@](C)(C(C)(C)CO[Si](C)(C)C(C)(C)C)O1. The maximum absolute atomic E-state index is 12.4. The Labute approximate surface area is 195 Å². The summed E-state index contributed by atoms with van der Waals surface area (Å²) < 4.78 is 24.0. The third-order valence-electron chi connectivity index (χ3n) is 7.13. The Morgan fingerprint density at radius 3 is 2.31 bits per heavy atom. The van der Waals surface area contributed by atoms with Gasteiger partial charge in [-0.25, -0.2) is 4.79 Å². The molecular formula is C25H44O6Si. The lowest BCUT2D eigenvalue weighted by Crippen LogP contribution is -2.62. The molecular weight excluding hydrogens is 424 g/mol. The van der Waals surface area contributed by atoms with E-state index >= 15 is 0 Å². The van der Waals surface area contributed by atoms with Crippen molar-refractivity contribution in [3.05, 3.63) is 24.3 Å². The highest BCUT2D eigenvalue weighted by molar-refractivity contribution is 6.74. The van der Waals surface area contributed by atoms with Crippen LogP contribution in [0.3, 0.4) is 0 Å². The van der Waals surface area contributed by atoms with E-state index in [9.17, 15) is 9.59 Å². The summed E-state index contributed by atoms with van der Waals surface area (Å²) >= 11 is 0. The highest BCUT2D eigenvalue weighted by atomic mass is 28.4. The molecule has 0 N–H and O–H groups in total. The summed E-state index contributed by atoms with van der Waals surface area (Å²) in [6, 6.07) is 0. The van der Waals surface area contributed by atoms with Gasteiger partial charge in [-0.3, -0.25) is 4.79 Å². The Bertz CT molecular complexity index is 718. The minimum Gasteiger partial charge on any atom is -0.466 e. The molecule has 0 aromatic rings. The molecule has 0 bridgehead atoms. The third-order valence-corrected chi connectivity index (χ3v) is 11.6. The van der Waals surface area contributed by atoms with Crippen LogP contribution < -0.4 is 0 Å². The zero-order chi connectivity index (χ0) is 25.0. The first-order valence-corrected chi connectivity index (χ1v) is 14.4. The first kappa shape index (κ1) is 28.6. The van der Waals surface area contributed by atoms with Crippen molar-refractivity contribution in [2.75, 3.05) is 13.7 Å². The highest BCUT2D eigenvalue weighted by Gasteiger charge is 2.56. The molecule has 0 spiro atoms. The first-order chi connectivity index (χ1) is 14.5. The predicted molar refractivity (Wildman–Crippen MR) is 130 cm³/mol. The average Bonchev–Trinajstić information content (AvgIpc) is 2.68. The van der Waals surface area contributed by atoms with E-state index in [1.807, 2.05) is 6.92 Å². The fourth-order valence-electron chi connectivity index (χ4n) is 3.47. The minimum absolute atomic E-state index is 0.0623. The van der Waals surface area contributed by atoms with Crippen molar-refractivity contribution in [1.82, 2.24) is 0 Å². The van der Waals surface area contributed by atoms with Crippen molar-refractivity contribution in [3.8, 4) is 0 Å². The second-order valence-corrected chi connectivity index (χ2v) is 15.8. The maximum atomic E-state index is 12.4. The molecule has 6 nitrogen and oxygen atoms in total. The molecule has 0 aromatic heterocycles. The second-order valence-electron chi connectivity index (χ2n) is 11.0. The van der Waals surface area contributed by atoms with E-state index in [2.05, 4.69) is 54.3 Å². The molecule has 1 rings (SSSR count). The standard InChI is InChI=1S/C25H44O6Si/c1-12-14-19-15-18(16-21(27)28-9)22(30-20(26)13-2)25(8,31-19)24(6,7)17-29-32(10,11)23(3,4)5/h12,16,19,22H,1,13-15,17H2,2-11H3/b18-16+/t19-,22+,25-/m1/s1. The van der Waals surface area contributed by atoms with Crippen LogP contribution in [0.5, 0.6) is 0 Å². The van der Waals surface area contributed by atoms with Gasteiger partial charge in [0.05, 0.1) is 13.2 Å². The quantitative estimate of drug-likeness (QED) is 0.190. The van der Waals surface area contributed by atoms with Crippen molar-refractivity contribution in [2.45, 2.75) is 104 Å². The molecule has 1 heterocycles. The van der Waals surface area contributed by atoms with Crippen molar-refractivity contribution < 1.29 is 28.2 Å². The zero-order valence-corrected chi connectivity index (χ0v) is 22.8. The van der Waals surface area contributed by atoms with Crippen LogP contribution in [0, 0.1) is 5.41 Å².